The van der Waals surface area contributed by atoms with Crippen molar-refractivity contribution in [1.29, 1.82) is 5.26 Å². The molecule has 2 N–H and O–H groups in total. The van der Waals surface area contributed by atoms with Crippen molar-refractivity contribution >= 4 is 5.97 Å². The molecule has 0 aromatic heterocycles. The lowest BCUT2D eigenvalue weighted by Gasteiger charge is -2.16. The lowest BCUT2D eigenvalue weighted by atomic mass is 10.1. The van der Waals surface area contributed by atoms with E-state index in [1.165, 1.54) is 19.2 Å². The van der Waals surface area contributed by atoms with Crippen molar-refractivity contribution in [2.75, 3.05) is 13.7 Å². The second-order valence-corrected chi connectivity index (χ2v) is 3.41. The van der Waals surface area contributed by atoms with Gasteiger partial charge in [0.15, 0.2) is 0 Å². The smallest absolute Gasteiger partial charge is 0.327 e. The van der Waals surface area contributed by atoms with E-state index in [9.17, 15) is 4.79 Å². The van der Waals surface area contributed by atoms with Gasteiger partial charge in [-0.1, -0.05) is 12.1 Å². The molecule has 1 unspecified atom stereocenters. The molecule has 1 aromatic rings. The van der Waals surface area contributed by atoms with E-state index in [-0.39, 0.29) is 5.75 Å². The lowest BCUT2D eigenvalue weighted by molar-refractivity contribution is -0.143. The van der Waals surface area contributed by atoms with Gasteiger partial charge in [-0.25, -0.2) is 4.79 Å². The van der Waals surface area contributed by atoms with Crippen LogP contribution in [0.5, 0.6) is 5.75 Å². The Balaban J connectivity index is 2.79. The summed E-state index contributed by atoms with van der Waals surface area (Å²) in [6.45, 7) is 0.400. The molecule has 0 fully saturated rings. The minimum atomic E-state index is -0.617. The van der Waals surface area contributed by atoms with Crippen LogP contribution in [0.15, 0.2) is 24.3 Å². The molecule has 0 radical (unpaired) electrons. The van der Waals surface area contributed by atoms with Gasteiger partial charge in [-0.15, -0.1) is 0 Å². The van der Waals surface area contributed by atoms with E-state index >= 15 is 0 Å². The summed E-state index contributed by atoms with van der Waals surface area (Å²) < 4.78 is 4.68. The molecular formula is C12H14N2O3. The largest absolute Gasteiger partial charge is 0.508 e. The standard InChI is InChI=1S/C12H14N2O3/c1-17-12(16)11(14-8-2-7-13)9-3-5-10(15)6-4-9/h3-6,11,14-15H,2,8H2,1H3. The molecule has 0 amide bonds. The minimum Gasteiger partial charge on any atom is -0.508 e. The first kappa shape index (κ1) is 13.0. The Bertz CT molecular complexity index is 409. The molecule has 17 heavy (non-hydrogen) atoms. The summed E-state index contributed by atoms with van der Waals surface area (Å²) in [5.74, 6) is -0.289. The Morgan fingerprint density at radius 2 is 2.18 bits per heavy atom. The van der Waals surface area contributed by atoms with Crippen LogP contribution in [0.2, 0.25) is 0 Å². The van der Waals surface area contributed by atoms with Gasteiger partial charge in [-0.2, -0.15) is 5.26 Å². The van der Waals surface area contributed by atoms with Crippen LogP contribution in [-0.2, 0) is 9.53 Å². The quantitative estimate of drug-likeness (QED) is 0.589. The highest BCUT2D eigenvalue weighted by molar-refractivity contribution is 5.77. The number of nitrogens with zero attached hydrogens (tertiary/aromatic N) is 1. The molecule has 90 valence electrons. The molecule has 0 heterocycles. The molecular weight excluding hydrogens is 220 g/mol. The molecule has 5 heteroatoms. The number of nitriles is 1. The van der Waals surface area contributed by atoms with Crippen LogP contribution >= 0.6 is 0 Å². The highest BCUT2D eigenvalue weighted by Gasteiger charge is 2.20. The summed E-state index contributed by atoms with van der Waals surface area (Å²) in [6.07, 6.45) is 0.311. The molecule has 0 bridgehead atoms. The molecule has 1 aromatic carbocycles. The zero-order valence-electron chi connectivity index (χ0n) is 9.51. The summed E-state index contributed by atoms with van der Waals surface area (Å²) in [5.41, 5.74) is 0.688. The number of carbonyl (C=O) groups is 1. The van der Waals surface area contributed by atoms with E-state index < -0.39 is 12.0 Å². The monoisotopic (exact) mass is 234 g/mol. The van der Waals surface area contributed by atoms with E-state index in [4.69, 9.17) is 10.4 Å². The molecule has 0 aliphatic rings. The van der Waals surface area contributed by atoms with Crippen LogP contribution in [-0.4, -0.2) is 24.7 Å². The predicted octanol–water partition coefficient (Wildman–Crippen LogP) is 1.11. The first-order valence-electron chi connectivity index (χ1n) is 5.16. The van der Waals surface area contributed by atoms with E-state index in [0.29, 0.717) is 18.5 Å². The van der Waals surface area contributed by atoms with Crippen molar-refractivity contribution < 1.29 is 14.6 Å². The number of hydrogen-bond acceptors (Lipinski definition) is 5. The Morgan fingerprint density at radius 1 is 1.53 bits per heavy atom. The molecule has 0 saturated carbocycles. The number of nitrogens with one attached hydrogen (secondary N) is 1. The molecule has 1 rings (SSSR count). The molecule has 1 atom stereocenters. The van der Waals surface area contributed by atoms with Gasteiger partial charge in [0.1, 0.15) is 11.8 Å². The lowest BCUT2D eigenvalue weighted by Crippen LogP contribution is -2.30. The maximum atomic E-state index is 11.6. The number of aromatic hydroxyl groups is 1. The fourth-order valence-electron chi connectivity index (χ4n) is 1.39. The summed E-state index contributed by atoms with van der Waals surface area (Å²) >= 11 is 0. The van der Waals surface area contributed by atoms with Crippen molar-refractivity contribution in [2.45, 2.75) is 12.5 Å². The van der Waals surface area contributed by atoms with E-state index in [1.807, 2.05) is 6.07 Å². The average Bonchev–Trinajstić information content (AvgIpc) is 2.35. The average molecular weight is 234 g/mol. The van der Waals surface area contributed by atoms with Crippen molar-refractivity contribution in [1.82, 2.24) is 5.32 Å². The maximum absolute atomic E-state index is 11.6. The zero-order chi connectivity index (χ0) is 12.7. The number of ether oxygens (including phenoxy) is 1. The highest BCUT2D eigenvalue weighted by Crippen LogP contribution is 2.18. The van der Waals surface area contributed by atoms with Crippen LogP contribution in [0.3, 0.4) is 0 Å². The van der Waals surface area contributed by atoms with Crippen molar-refractivity contribution in [3.8, 4) is 11.8 Å². The number of phenols is 1. The number of hydrogen-bond donors (Lipinski definition) is 2. The Morgan fingerprint density at radius 3 is 2.71 bits per heavy atom. The van der Waals surface area contributed by atoms with Gasteiger partial charge in [0.2, 0.25) is 0 Å². The van der Waals surface area contributed by atoms with E-state index in [2.05, 4.69) is 10.1 Å². The Labute approximate surface area is 99.6 Å². The highest BCUT2D eigenvalue weighted by atomic mass is 16.5. The topological polar surface area (TPSA) is 82.3 Å². The van der Waals surface area contributed by atoms with Crippen LogP contribution in [0.25, 0.3) is 0 Å². The first-order valence-corrected chi connectivity index (χ1v) is 5.16. The molecule has 0 spiro atoms. The number of phenolic OH excluding ortho intramolecular Hbond substituents is 1. The minimum absolute atomic E-state index is 0.134. The van der Waals surface area contributed by atoms with Gasteiger partial charge in [-0.05, 0) is 17.7 Å². The maximum Gasteiger partial charge on any atom is 0.327 e. The Hall–Kier alpha value is -2.06. The third-order valence-corrected chi connectivity index (χ3v) is 2.25. The van der Waals surface area contributed by atoms with Gasteiger partial charge in [-0.3, -0.25) is 5.32 Å². The second-order valence-electron chi connectivity index (χ2n) is 3.41. The first-order chi connectivity index (χ1) is 8.19. The zero-order valence-corrected chi connectivity index (χ0v) is 9.51. The van der Waals surface area contributed by atoms with Gasteiger partial charge in [0.05, 0.1) is 13.2 Å². The van der Waals surface area contributed by atoms with Gasteiger partial charge in [0.25, 0.3) is 0 Å². The van der Waals surface area contributed by atoms with Crippen molar-refractivity contribution in [3.63, 3.8) is 0 Å². The van der Waals surface area contributed by atoms with Crippen molar-refractivity contribution in [3.05, 3.63) is 29.8 Å². The summed E-state index contributed by atoms with van der Waals surface area (Å²) in [7, 11) is 1.31. The number of methoxy groups -OCH3 is 1. The van der Waals surface area contributed by atoms with Gasteiger partial charge < -0.3 is 9.84 Å². The number of rotatable bonds is 5. The SMILES string of the molecule is COC(=O)C(NCCC#N)c1ccc(O)cc1. The van der Waals surface area contributed by atoms with E-state index in [0.717, 1.165) is 0 Å². The van der Waals surface area contributed by atoms with Crippen LogP contribution in [0.1, 0.15) is 18.0 Å². The summed E-state index contributed by atoms with van der Waals surface area (Å²) in [6, 6.07) is 7.63. The predicted molar refractivity (Wildman–Crippen MR) is 61.1 cm³/mol. The number of carbonyl (C=O) groups excluding carboxylic acids is 1. The fraction of sp³-hybridized carbons (Fsp3) is 0.333. The normalized spacial score (nSPS) is 11.5. The van der Waals surface area contributed by atoms with Gasteiger partial charge >= 0.3 is 5.97 Å². The van der Waals surface area contributed by atoms with Crippen LogP contribution in [0, 0.1) is 11.3 Å². The van der Waals surface area contributed by atoms with E-state index in [1.54, 1.807) is 12.1 Å². The summed E-state index contributed by atoms with van der Waals surface area (Å²) in [4.78, 5) is 11.6. The number of benzene rings is 1. The van der Waals surface area contributed by atoms with Gasteiger partial charge in [0, 0.05) is 13.0 Å². The molecule has 0 aliphatic heterocycles. The Kier molecular flexibility index (Phi) is 4.98. The third kappa shape index (κ3) is 3.78. The number of esters is 1. The molecule has 0 saturated heterocycles. The summed E-state index contributed by atoms with van der Waals surface area (Å²) in [5, 5.41) is 20.5. The van der Waals surface area contributed by atoms with Crippen LogP contribution < -0.4 is 5.32 Å². The third-order valence-electron chi connectivity index (χ3n) is 2.25. The van der Waals surface area contributed by atoms with Crippen molar-refractivity contribution in [2.24, 2.45) is 0 Å². The molecule has 5 nitrogen and oxygen atoms in total. The fourth-order valence-corrected chi connectivity index (χ4v) is 1.39. The van der Waals surface area contributed by atoms with Crippen LogP contribution in [0.4, 0.5) is 0 Å². The molecule has 0 aliphatic carbocycles. The second kappa shape index (κ2) is 6.51.